The minimum atomic E-state index is -3.54. The minimum Gasteiger partial charge on any atom is -0.274 e. The summed E-state index contributed by atoms with van der Waals surface area (Å²) in [6, 6.07) is 6.12. The first-order valence-corrected chi connectivity index (χ1v) is 9.57. The molecule has 6 heteroatoms. The average Bonchev–Trinajstić information content (AvgIpc) is 3.15. The molecule has 2 aliphatic rings. The van der Waals surface area contributed by atoms with Gasteiger partial charge in [-0.05, 0) is 43.7 Å². The molecular formula is C17H21N3O2S. The predicted molar refractivity (Wildman–Crippen MR) is 87.7 cm³/mol. The number of nitrogens with one attached hydrogen (secondary N) is 1. The Balaban J connectivity index is 1.65. The number of aryl methyl sites for hydroxylation is 3. The monoisotopic (exact) mass is 331 g/mol. The number of hydrogen-bond donors (Lipinski definition) is 1. The van der Waals surface area contributed by atoms with Crippen LogP contribution < -0.4 is 4.72 Å². The number of aromatic nitrogens is 2. The maximum Gasteiger partial charge on any atom is 0.244 e. The van der Waals surface area contributed by atoms with Crippen molar-refractivity contribution in [2.75, 3.05) is 0 Å². The van der Waals surface area contributed by atoms with Crippen LogP contribution in [0.1, 0.15) is 53.6 Å². The molecule has 2 aromatic rings. The van der Waals surface area contributed by atoms with Gasteiger partial charge in [-0.2, -0.15) is 5.10 Å². The fraction of sp³-hybridized carbons (Fsp3) is 0.471. The van der Waals surface area contributed by atoms with Gasteiger partial charge >= 0.3 is 0 Å². The molecule has 4 rings (SSSR count). The molecule has 0 amide bonds. The highest BCUT2D eigenvalue weighted by atomic mass is 32.2. The third-order valence-corrected chi connectivity index (χ3v) is 6.24. The van der Waals surface area contributed by atoms with Crippen LogP contribution in [0.5, 0.6) is 0 Å². The Kier molecular flexibility index (Phi) is 3.35. The van der Waals surface area contributed by atoms with E-state index < -0.39 is 10.0 Å². The van der Waals surface area contributed by atoms with Gasteiger partial charge in [-0.1, -0.05) is 23.8 Å². The zero-order chi connectivity index (χ0) is 16.2. The van der Waals surface area contributed by atoms with Gasteiger partial charge in [-0.15, -0.1) is 0 Å². The lowest BCUT2D eigenvalue weighted by molar-refractivity contribution is 0.553. The van der Waals surface area contributed by atoms with E-state index in [1.54, 1.807) is 17.9 Å². The SMILES string of the molecule is Cc1ccc2c(c1)CCC2NS(=O)(=O)c1cn(C)nc1C1CC1. The number of benzene rings is 1. The van der Waals surface area contributed by atoms with E-state index in [1.165, 1.54) is 11.1 Å². The second kappa shape index (κ2) is 5.18. The summed E-state index contributed by atoms with van der Waals surface area (Å²) in [6.07, 6.45) is 5.43. The van der Waals surface area contributed by atoms with Gasteiger partial charge in [0.1, 0.15) is 4.90 Å². The highest BCUT2D eigenvalue weighted by molar-refractivity contribution is 7.89. The molecule has 0 radical (unpaired) electrons. The van der Waals surface area contributed by atoms with Crippen molar-refractivity contribution in [2.45, 2.75) is 49.5 Å². The van der Waals surface area contributed by atoms with Crippen LogP contribution >= 0.6 is 0 Å². The molecule has 2 aliphatic carbocycles. The summed E-state index contributed by atoms with van der Waals surface area (Å²) in [7, 11) is -1.77. The average molecular weight is 331 g/mol. The summed E-state index contributed by atoms with van der Waals surface area (Å²) in [6.45, 7) is 2.06. The van der Waals surface area contributed by atoms with Crippen LogP contribution in [0.4, 0.5) is 0 Å². The summed E-state index contributed by atoms with van der Waals surface area (Å²) < 4.78 is 30.2. The fourth-order valence-corrected chi connectivity index (χ4v) is 4.97. The van der Waals surface area contributed by atoms with E-state index >= 15 is 0 Å². The van der Waals surface area contributed by atoms with Gasteiger partial charge in [-0.3, -0.25) is 4.68 Å². The van der Waals surface area contributed by atoms with E-state index in [-0.39, 0.29) is 6.04 Å². The Labute approximate surface area is 136 Å². The minimum absolute atomic E-state index is 0.136. The molecule has 0 aliphatic heterocycles. The van der Waals surface area contributed by atoms with Crippen LogP contribution in [0.25, 0.3) is 0 Å². The molecule has 1 atom stereocenters. The first-order valence-electron chi connectivity index (χ1n) is 8.09. The quantitative estimate of drug-likeness (QED) is 0.936. The molecule has 0 spiro atoms. The molecule has 1 N–H and O–H groups in total. The van der Waals surface area contributed by atoms with Gasteiger partial charge in [0.2, 0.25) is 10.0 Å². The fourth-order valence-electron chi connectivity index (χ4n) is 3.45. The van der Waals surface area contributed by atoms with Crippen molar-refractivity contribution in [3.63, 3.8) is 0 Å². The van der Waals surface area contributed by atoms with Crippen LogP contribution in [0.3, 0.4) is 0 Å². The van der Waals surface area contributed by atoms with Crippen molar-refractivity contribution in [1.82, 2.24) is 14.5 Å². The zero-order valence-electron chi connectivity index (χ0n) is 13.4. The van der Waals surface area contributed by atoms with E-state index in [9.17, 15) is 8.42 Å². The third-order valence-electron chi connectivity index (χ3n) is 4.75. The molecule has 122 valence electrons. The number of fused-ring (bicyclic) bond motifs is 1. The second-order valence-corrected chi connectivity index (χ2v) is 8.42. The normalized spacial score (nSPS) is 20.7. The van der Waals surface area contributed by atoms with E-state index in [0.29, 0.717) is 10.8 Å². The molecule has 1 aromatic carbocycles. The standard InChI is InChI=1S/C17H21N3O2S/c1-11-3-7-14-13(9-11)6-8-15(14)19-23(21,22)16-10-20(2)18-17(16)12-4-5-12/h3,7,9-10,12,15,19H,4-6,8H2,1-2H3. The molecule has 23 heavy (non-hydrogen) atoms. The Morgan fingerprint density at radius 2 is 2.04 bits per heavy atom. The van der Waals surface area contributed by atoms with Gasteiger partial charge in [-0.25, -0.2) is 13.1 Å². The van der Waals surface area contributed by atoms with Crippen molar-refractivity contribution >= 4 is 10.0 Å². The van der Waals surface area contributed by atoms with Crippen molar-refractivity contribution in [2.24, 2.45) is 7.05 Å². The molecule has 1 saturated carbocycles. The van der Waals surface area contributed by atoms with Crippen molar-refractivity contribution in [1.29, 1.82) is 0 Å². The van der Waals surface area contributed by atoms with Crippen LogP contribution in [0.15, 0.2) is 29.3 Å². The lowest BCUT2D eigenvalue weighted by Gasteiger charge is -2.14. The first kappa shape index (κ1) is 14.9. The van der Waals surface area contributed by atoms with Crippen LogP contribution in [-0.2, 0) is 23.5 Å². The summed E-state index contributed by atoms with van der Waals surface area (Å²) in [5.74, 6) is 0.307. The third kappa shape index (κ3) is 2.70. The molecular weight excluding hydrogens is 310 g/mol. The van der Waals surface area contributed by atoms with E-state index in [2.05, 4.69) is 28.9 Å². The number of hydrogen-bond acceptors (Lipinski definition) is 3. The Morgan fingerprint density at radius 1 is 1.26 bits per heavy atom. The zero-order valence-corrected chi connectivity index (χ0v) is 14.2. The van der Waals surface area contributed by atoms with Gasteiger partial charge in [0, 0.05) is 25.2 Å². The van der Waals surface area contributed by atoms with Gasteiger partial charge < -0.3 is 0 Å². The molecule has 0 bridgehead atoms. The Morgan fingerprint density at radius 3 is 2.78 bits per heavy atom. The molecule has 5 nitrogen and oxygen atoms in total. The summed E-state index contributed by atoms with van der Waals surface area (Å²) in [5, 5.41) is 4.37. The van der Waals surface area contributed by atoms with Crippen molar-refractivity contribution in [3.05, 3.63) is 46.8 Å². The Bertz CT molecular complexity index is 866. The molecule has 1 unspecified atom stereocenters. The van der Waals surface area contributed by atoms with Crippen LogP contribution in [0.2, 0.25) is 0 Å². The first-order chi connectivity index (χ1) is 10.9. The maximum atomic E-state index is 12.9. The van der Waals surface area contributed by atoms with Gasteiger partial charge in [0.15, 0.2) is 0 Å². The molecule has 1 heterocycles. The number of rotatable bonds is 4. The highest BCUT2D eigenvalue weighted by Crippen LogP contribution is 2.42. The van der Waals surface area contributed by atoms with Gasteiger partial charge in [0.05, 0.1) is 5.69 Å². The largest absolute Gasteiger partial charge is 0.274 e. The number of sulfonamides is 1. The predicted octanol–water partition coefficient (Wildman–Crippen LogP) is 2.57. The molecule has 0 saturated heterocycles. The van der Waals surface area contributed by atoms with Gasteiger partial charge in [0.25, 0.3) is 0 Å². The lowest BCUT2D eigenvalue weighted by atomic mass is 10.1. The van der Waals surface area contributed by atoms with Crippen molar-refractivity contribution < 1.29 is 8.42 Å². The summed E-state index contributed by atoms with van der Waals surface area (Å²) >= 11 is 0. The van der Waals surface area contributed by atoms with E-state index in [1.807, 2.05) is 6.07 Å². The van der Waals surface area contributed by atoms with Crippen molar-refractivity contribution in [3.8, 4) is 0 Å². The molecule has 1 aromatic heterocycles. The van der Waals surface area contributed by atoms with Crippen LogP contribution in [-0.4, -0.2) is 18.2 Å². The highest BCUT2D eigenvalue weighted by Gasteiger charge is 2.35. The summed E-state index contributed by atoms with van der Waals surface area (Å²) in [5.41, 5.74) is 4.31. The van der Waals surface area contributed by atoms with E-state index in [4.69, 9.17) is 0 Å². The Hall–Kier alpha value is -1.66. The smallest absolute Gasteiger partial charge is 0.244 e. The number of nitrogens with zero attached hydrogens (tertiary/aromatic N) is 2. The van der Waals surface area contributed by atoms with Crippen LogP contribution in [0, 0.1) is 6.92 Å². The second-order valence-electron chi connectivity index (χ2n) is 6.74. The summed E-state index contributed by atoms with van der Waals surface area (Å²) in [4.78, 5) is 0.350. The van der Waals surface area contributed by atoms with E-state index in [0.717, 1.165) is 36.9 Å². The lowest BCUT2D eigenvalue weighted by Crippen LogP contribution is -2.27. The topological polar surface area (TPSA) is 64.0 Å². The molecule has 1 fully saturated rings. The maximum absolute atomic E-state index is 12.9.